The fourth-order valence-corrected chi connectivity index (χ4v) is 2.93. The van der Waals surface area contributed by atoms with Gasteiger partial charge in [-0.25, -0.2) is 0 Å². The first-order chi connectivity index (χ1) is 12.4. The molecule has 0 spiro atoms. The first-order valence-corrected chi connectivity index (χ1v) is 9.23. The number of carbonyl (C=O) groups excluding carboxylic acids is 2. The Kier molecular flexibility index (Phi) is 7.49. The zero-order valence-corrected chi connectivity index (χ0v) is 16.3. The van der Waals surface area contributed by atoms with Crippen LogP contribution in [0.5, 0.6) is 0 Å². The second-order valence-corrected chi connectivity index (χ2v) is 6.82. The van der Waals surface area contributed by atoms with E-state index in [1.165, 1.54) is 0 Å². The van der Waals surface area contributed by atoms with E-state index in [1.807, 2.05) is 37.3 Å². The molecule has 4 nitrogen and oxygen atoms in total. The zero-order valence-electron chi connectivity index (χ0n) is 14.8. The van der Waals surface area contributed by atoms with Crippen LogP contribution in [0.2, 0.25) is 10.0 Å². The van der Waals surface area contributed by atoms with Crippen molar-refractivity contribution in [2.45, 2.75) is 32.9 Å². The topological polar surface area (TPSA) is 49.4 Å². The molecule has 6 heteroatoms. The van der Waals surface area contributed by atoms with Crippen LogP contribution in [0.25, 0.3) is 0 Å². The lowest BCUT2D eigenvalue weighted by Crippen LogP contribution is -2.48. The minimum Gasteiger partial charge on any atom is -0.355 e. The molecule has 0 aromatic heterocycles. The van der Waals surface area contributed by atoms with Crippen molar-refractivity contribution in [3.63, 3.8) is 0 Å². The van der Waals surface area contributed by atoms with Crippen molar-refractivity contribution in [2.75, 3.05) is 6.54 Å². The van der Waals surface area contributed by atoms with E-state index in [0.717, 1.165) is 11.1 Å². The van der Waals surface area contributed by atoms with Crippen LogP contribution in [0, 0.1) is 0 Å². The van der Waals surface area contributed by atoms with E-state index < -0.39 is 6.04 Å². The molecule has 2 amide bonds. The average molecular weight is 393 g/mol. The summed E-state index contributed by atoms with van der Waals surface area (Å²) in [4.78, 5) is 26.8. The van der Waals surface area contributed by atoms with E-state index in [9.17, 15) is 9.59 Å². The fraction of sp³-hybridized carbons (Fsp3) is 0.300. The minimum atomic E-state index is -0.578. The van der Waals surface area contributed by atoms with Gasteiger partial charge in [-0.05, 0) is 37.1 Å². The highest BCUT2D eigenvalue weighted by atomic mass is 35.5. The molecule has 0 radical (unpaired) electrons. The van der Waals surface area contributed by atoms with Gasteiger partial charge in [-0.3, -0.25) is 9.59 Å². The molecule has 26 heavy (non-hydrogen) atoms. The predicted octanol–water partition coefficient (Wildman–Crippen LogP) is 4.09. The summed E-state index contributed by atoms with van der Waals surface area (Å²) in [5.74, 6) is -0.322. The van der Waals surface area contributed by atoms with Crippen LogP contribution in [-0.4, -0.2) is 29.3 Å². The molecule has 0 bridgehead atoms. The van der Waals surface area contributed by atoms with Crippen molar-refractivity contribution in [1.82, 2.24) is 10.2 Å². The first kappa shape index (κ1) is 20.3. The number of amides is 2. The molecule has 0 saturated heterocycles. The Balaban J connectivity index is 2.21. The normalized spacial score (nSPS) is 11.7. The molecule has 0 aliphatic carbocycles. The van der Waals surface area contributed by atoms with E-state index in [1.54, 1.807) is 30.0 Å². The number of nitrogens with one attached hydrogen (secondary N) is 1. The average Bonchev–Trinajstić information content (AvgIpc) is 2.63. The molecule has 0 aliphatic rings. The van der Waals surface area contributed by atoms with Crippen LogP contribution in [0.4, 0.5) is 0 Å². The van der Waals surface area contributed by atoms with Gasteiger partial charge in [-0.15, -0.1) is 0 Å². The summed E-state index contributed by atoms with van der Waals surface area (Å²) in [5.41, 5.74) is 1.72. The van der Waals surface area contributed by atoms with Gasteiger partial charge in [0.05, 0.1) is 16.5 Å². The van der Waals surface area contributed by atoms with Crippen LogP contribution in [0.15, 0.2) is 48.5 Å². The number of hydrogen-bond donors (Lipinski definition) is 1. The number of likely N-dealkylation sites (N-methyl/N-ethyl adjacent to an activating group) is 1. The number of rotatable bonds is 7. The highest BCUT2D eigenvalue weighted by Gasteiger charge is 2.25. The lowest BCUT2D eigenvalue weighted by molar-refractivity contribution is -0.140. The molecule has 0 saturated carbocycles. The lowest BCUT2D eigenvalue weighted by atomic mass is 10.1. The molecule has 1 N–H and O–H groups in total. The summed E-state index contributed by atoms with van der Waals surface area (Å²) in [6.45, 7) is 4.47. The highest BCUT2D eigenvalue weighted by molar-refractivity contribution is 6.42. The third-order valence-electron chi connectivity index (χ3n) is 4.05. The van der Waals surface area contributed by atoms with Gasteiger partial charge in [0, 0.05) is 13.1 Å². The van der Waals surface area contributed by atoms with Crippen molar-refractivity contribution in [3.05, 3.63) is 69.7 Å². The Morgan fingerprint density at radius 3 is 2.35 bits per heavy atom. The second kappa shape index (κ2) is 9.60. The largest absolute Gasteiger partial charge is 0.355 e. The summed E-state index contributed by atoms with van der Waals surface area (Å²) in [5, 5.41) is 3.63. The molecule has 2 aromatic carbocycles. The maximum atomic E-state index is 12.9. The van der Waals surface area contributed by atoms with Crippen LogP contribution in [0.1, 0.15) is 25.0 Å². The Morgan fingerprint density at radius 1 is 1.04 bits per heavy atom. The third-order valence-corrected chi connectivity index (χ3v) is 4.79. The first-order valence-electron chi connectivity index (χ1n) is 8.47. The maximum Gasteiger partial charge on any atom is 0.242 e. The van der Waals surface area contributed by atoms with E-state index in [4.69, 9.17) is 23.2 Å². The van der Waals surface area contributed by atoms with E-state index in [2.05, 4.69) is 5.32 Å². The Labute approximate surface area is 164 Å². The molecule has 138 valence electrons. The van der Waals surface area contributed by atoms with Crippen LogP contribution in [0.3, 0.4) is 0 Å². The van der Waals surface area contributed by atoms with Crippen molar-refractivity contribution in [2.24, 2.45) is 0 Å². The summed E-state index contributed by atoms with van der Waals surface area (Å²) in [6, 6.07) is 14.1. The highest BCUT2D eigenvalue weighted by Crippen LogP contribution is 2.23. The van der Waals surface area contributed by atoms with Gasteiger partial charge in [0.2, 0.25) is 11.8 Å². The van der Waals surface area contributed by atoms with Crippen molar-refractivity contribution in [3.8, 4) is 0 Å². The van der Waals surface area contributed by atoms with Crippen LogP contribution >= 0.6 is 23.2 Å². The molecule has 0 unspecified atom stereocenters. The molecule has 2 rings (SSSR count). The minimum absolute atomic E-state index is 0.146. The number of carbonyl (C=O) groups is 2. The molecule has 0 aliphatic heterocycles. The van der Waals surface area contributed by atoms with Gasteiger partial charge in [0.1, 0.15) is 6.04 Å². The lowest BCUT2D eigenvalue weighted by Gasteiger charge is -2.29. The van der Waals surface area contributed by atoms with E-state index >= 15 is 0 Å². The maximum absolute atomic E-state index is 12.9. The Hall–Kier alpha value is -2.04. The van der Waals surface area contributed by atoms with Gasteiger partial charge in [-0.2, -0.15) is 0 Å². The molecule has 2 aromatic rings. The number of hydrogen-bond acceptors (Lipinski definition) is 2. The zero-order chi connectivity index (χ0) is 19.1. The summed E-state index contributed by atoms with van der Waals surface area (Å²) >= 11 is 12.0. The SMILES string of the molecule is CCNC(=O)[C@H](C)N(Cc1ccccc1)C(=O)Cc1ccc(Cl)c(Cl)c1. The number of benzene rings is 2. The van der Waals surface area contributed by atoms with Gasteiger partial charge in [0.25, 0.3) is 0 Å². The van der Waals surface area contributed by atoms with Crippen molar-refractivity contribution in [1.29, 1.82) is 0 Å². The van der Waals surface area contributed by atoms with E-state index in [0.29, 0.717) is 23.1 Å². The van der Waals surface area contributed by atoms with E-state index in [-0.39, 0.29) is 18.2 Å². The van der Waals surface area contributed by atoms with Crippen molar-refractivity contribution < 1.29 is 9.59 Å². The fourth-order valence-electron chi connectivity index (χ4n) is 2.61. The predicted molar refractivity (Wildman–Crippen MR) is 105 cm³/mol. The molecule has 0 fully saturated rings. The van der Waals surface area contributed by atoms with Gasteiger partial charge < -0.3 is 10.2 Å². The van der Waals surface area contributed by atoms with Gasteiger partial charge in [0.15, 0.2) is 0 Å². The van der Waals surface area contributed by atoms with Gasteiger partial charge >= 0.3 is 0 Å². The molecular formula is C20H22Cl2N2O2. The summed E-state index contributed by atoms with van der Waals surface area (Å²) in [6.07, 6.45) is 0.146. The molecule has 1 atom stereocenters. The Bertz CT molecular complexity index is 766. The van der Waals surface area contributed by atoms with Gasteiger partial charge in [-0.1, -0.05) is 59.6 Å². The van der Waals surface area contributed by atoms with Crippen LogP contribution in [-0.2, 0) is 22.6 Å². The van der Waals surface area contributed by atoms with Crippen LogP contribution < -0.4 is 5.32 Å². The Morgan fingerprint density at radius 2 is 1.73 bits per heavy atom. The van der Waals surface area contributed by atoms with Crippen molar-refractivity contribution >= 4 is 35.0 Å². The third kappa shape index (κ3) is 5.48. The quantitative estimate of drug-likeness (QED) is 0.771. The standard InChI is InChI=1S/C20H22Cl2N2O2/c1-3-23-20(26)14(2)24(13-15-7-5-4-6-8-15)19(25)12-16-9-10-17(21)18(22)11-16/h4-11,14H,3,12-13H2,1-2H3,(H,23,26)/t14-/m0/s1. The summed E-state index contributed by atoms with van der Waals surface area (Å²) < 4.78 is 0. The molecular weight excluding hydrogens is 371 g/mol. The molecule has 0 heterocycles. The number of nitrogens with zero attached hydrogens (tertiary/aromatic N) is 1. The number of halogens is 2. The smallest absolute Gasteiger partial charge is 0.242 e. The monoisotopic (exact) mass is 392 g/mol. The summed E-state index contributed by atoms with van der Waals surface area (Å²) in [7, 11) is 0. The second-order valence-electron chi connectivity index (χ2n) is 6.00.